The number of aromatic nitrogens is 2. The molecular weight excluding hydrogens is 332 g/mol. The highest BCUT2D eigenvalue weighted by Gasteiger charge is 2.21. The Morgan fingerprint density at radius 2 is 2.04 bits per heavy atom. The largest absolute Gasteiger partial charge is 0.463 e. The molecule has 0 spiro atoms. The first-order valence-corrected chi connectivity index (χ1v) is 8.15. The quantitative estimate of drug-likeness (QED) is 0.507. The van der Waals surface area contributed by atoms with E-state index in [4.69, 9.17) is 13.7 Å². The van der Waals surface area contributed by atoms with Crippen molar-refractivity contribution >= 4 is 17.1 Å². The highest BCUT2D eigenvalue weighted by Crippen LogP contribution is 2.28. The number of rotatable bonds is 4. The summed E-state index contributed by atoms with van der Waals surface area (Å²) in [4.78, 5) is 17.1. The molecule has 3 aromatic heterocycles. The summed E-state index contributed by atoms with van der Waals surface area (Å²) in [5, 5.41) is 4.47. The summed E-state index contributed by atoms with van der Waals surface area (Å²) in [6.45, 7) is 3.94. The van der Waals surface area contributed by atoms with Crippen molar-refractivity contribution in [1.29, 1.82) is 0 Å². The fourth-order valence-electron chi connectivity index (χ4n) is 2.83. The van der Waals surface area contributed by atoms with Gasteiger partial charge in [0.1, 0.15) is 12.3 Å². The molecule has 26 heavy (non-hydrogen) atoms. The number of nitrogens with zero attached hydrogens (tertiary/aromatic N) is 2. The summed E-state index contributed by atoms with van der Waals surface area (Å²) in [6.07, 6.45) is 1.54. The number of ether oxygens (including phenoxy) is 1. The number of pyridine rings is 1. The van der Waals surface area contributed by atoms with Crippen LogP contribution in [0.25, 0.3) is 22.6 Å². The lowest BCUT2D eigenvalue weighted by Gasteiger charge is -2.07. The van der Waals surface area contributed by atoms with Crippen LogP contribution in [-0.4, -0.2) is 16.1 Å². The standard InChI is InChI=1S/C20H16N2O4/c1-12-5-3-6-14(9-12)11-25-20(23)15-10-16(17-7-4-8-24-17)21-19-18(15)13(2)22-26-19/h3-10H,11H2,1-2H3. The van der Waals surface area contributed by atoms with Crippen molar-refractivity contribution in [2.24, 2.45) is 0 Å². The zero-order valence-electron chi connectivity index (χ0n) is 14.4. The number of fused-ring (bicyclic) bond motifs is 1. The summed E-state index contributed by atoms with van der Waals surface area (Å²) in [5.41, 5.74) is 3.74. The summed E-state index contributed by atoms with van der Waals surface area (Å²) in [7, 11) is 0. The minimum atomic E-state index is -0.460. The molecule has 0 saturated heterocycles. The van der Waals surface area contributed by atoms with Crippen molar-refractivity contribution in [1.82, 2.24) is 10.1 Å². The van der Waals surface area contributed by atoms with Gasteiger partial charge in [-0.05, 0) is 37.6 Å². The third-order valence-electron chi connectivity index (χ3n) is 4.06. The summed E-state index contributed by atoms with van der Waals surface area (Å²) in [5.74, 6) is 0.0756. The Balaban J connectivity index is 1.69. The lowest BCUT2D eigenvalue weighted by molar-refractivity contribution is 0.0475. The van der Waals surface area contributed by atoms with Gasteiger partial charge in [-0.3, -0.25) is 0 Å². The maximum atomic E-state index is 12.7. The van der Waals surface area contributed by atoms with Gasteiger partial charge in [-0.15, -0.1) is 0 Å². The highest BCUT2D eigenvalue weighted by molar-refractivity contribution is 6.04. The van der Waals surface area contributed by atoms with E-state index in [0.29, 0.717) is 28.1 Å². The zero-order valence-corrected chi connectivity index (χ0v) is 14.4. The Kier molecular flexibility index (Phi) is 4.01. The Morgan fingerprint density at radius 3 is 2.81 bits per heavy atom. The minimum Gasteiger partial charge on any atom is -0.463 e. The van der Waals surface area contributed by atoms with Crippen LogP contribution in [-0.2, 0) is 11.3 Å². The van der Waals surface area contributed by atoms with Crippen molar-refractivity contribution in [3.8, 4) is 11.5 Å². The molecule has 0 N–H and O–H groups in total. The molecule has 0 fully saturated rings. The number of furan rings is 1. The maximum Gasteiger partial charge on any atom is 0.339 e. The van der Waals surface area contributed by atoms with Crippen LogP contribution in [0.5, 0.6) is 0 Å². The molecule has 0 bridgehead atoms. The van der Waals surface area contributed by atoms with Gasteiger partial charge in [-0.25, -0.2) is 9.78 Å². The molecule has 3 heterocycles. The van der Waals surface area contributed by atoms with Gasteiger partial charge in [0.2, 0.25) is 0 Å². The Bertz CT molecular complexity index is 1080. The third kappa shape index (κ3) is 2.97. The van der Waals surface area contributed by atoms with E-state index in [1.54, 1.807) is 31.4 Å². The molecule has 0 saturated carbocycles. The van der Waals surface area contributed by atoms with Crippen LogP contribution in [0.15, 0.2) is 57.7 Å². The summed E-state index contributed by atoms with van der Waals surface area (Å²) in [6, 6.07) is 13.0. The predicted molar refractivity (Wildman–Crippen MR) is 94.5 cm³/mol. The Hall–Kier alpha value is -3.41. The van der Waals surface area contributed by atoms with E-state index in [0.717, 1.165) is 11.1 Å². The molecule has 130 valence electrons. The molecule has 0 aliphatic heterocycles. The van der Waals surface area contributed by atoms with Gasteiger partial charge in [-0.1, -0.05) is 35.0 Å². The summed E-state index contributed by atoms with van der Waals surface area (Å²) < 4.78 is 16.1. The lowest BCUT2D eigenvalue weighted by Crippen LogP contribution is -2.07. The van der Waals surface area contributed by atoms with Crippen LogP contribution in [0.3, 0.4) is 0 Å². The Labute approximate surface area is 149 Å². The number of hydrogen-bond acceptors (Lipinski definition) is 6. The fraction of sp³-hybridized carbons (Fsp3) is 0.150. The van der Waals surface area contributed by atoms with E-state index >= 15 is 0 Å². The van der Waals surface area contributed by atoms with Gasteiger partial charge in [0, 0.05) is 0 Å². The van der Waals surface area contributed by atoms with E-state index in [1.165, 1.54) is 0 Å². The van der Waals surface area contributed by atoms with Gasteiger partial charge in [-0.2, -0.15) is 0 Å². The smallest absolute Gasteiger partial charge is 0.339 e. The SMILES string of the molecule is Cc1cccc(COC(=O)c2cc(-c3ccco3)nc3onc(C)c23)c1. The lowest BCUT2D eigenvalue weighted by atomic mass is 10.1. The fourth-order valence-corrected chi connectivity index (χ4v) is 2.83. The second-order valence-corrected chi connectivity index (χ2v) is 6.05. The number of aryl methyl sites for hydroxylation is 2. The third-order valence-corrected chi connectivity index (χ3v) is 4.06. The number of carbonyl (C=O) groups is 1. The molecule has 0 aliphatic rings. The van der Waals surface area contributed by atoms with Gasteiger partial charge in [0.25, 0.3) is 5.71 Å². The van der Waals surface area contributed by atoms with E-state index in [1.807, 2.05) is 31.2 Å². The second-order valence-electron chi connectivity index (χ2n) is 6.05. The average molecular weight is 348 g/mol. The molecule has 1 aromatic carbocycles. The van der Waals surface area contributed by atoms with Crippen LogP contribution in [0.4, 0.5) is 0 Å². The Morgan fingerprint density at radius 1 is 1.15 bits per heavy atom. The average Bonchev–Trinajstić information content (AvgIpc) is 3.29. The van der Waals surface area contributed by atoms with Crippen molar-refractivity contribution in [3.05, 3.63) is 71.1 Å². The van der Waals surface area contributed by atoms with E-state index in [-0.39, 0.29) is 12.3 Å². The predicted octanol–water partition coefficient (Wildman–Crippen LogP) is 4.46. The van der Waals surface area contributed by atoms with Crippen LogP contribution >= 0.6 is 0 Å². The molecule has 0 atom stereocenters. The van der Waals surface area contributed by atoms with Gasteiger partial charge in [0.05, 0.1) is 22.9 Å². The van der Waals surface area contributed by atoms with Crippen molar-refractivity contribution in [2.75, 3.05) is 0 Å². The van der Waals surface area contributed by atoms with Crippen LogP contribution < -0.4 is 0 Å². The molecule has 0 radical (unpaired) electrons. The first-order valence-electron chi connectivity index (χ1n) is 8.15. The first-order chi connectivity index (χ1) is 12.6. The highest BCUT2D eigenvalue weighted by atomic mass is 16.5. The van der Waals surface area contributed by atoms with Crippen molar-refractivity contribution in [3.63, 3.8) is 0 Å². The second kappa shape index (κ2) is 6.48. The van der Waals surface area contributed by atoms with Gasteiger partial charge >= 0.3 is 5.97 Å². The van der Waals surface area contributed by atoms with E-state index in [9.17, 15) is 4.79 Å². The monoisotopic (exact) mass is 348 g/mol. The van der Waals surface area contributed by atoms with E-state index < -0.39 is 5.97 Å². The van der Waals surface area contributed by atoms with Crippen LogP contribution in [0.2, 0.25) is 0 Å². The zero-order chi connectivity index (χ0) is 18.1. The molecule has 6 heteroatoms. The molecule has 0 aliphatic carbocycles. The summed E-state index contributed by atoms with van der Waals surface area (Å²) >= 11 is 0. The molecule has 4 aromatic rings. The molecule has 0 amide bonds. The van der Waals surface area contributed by atoms with Crippen molar-refractivity contribution in [2.45, 2.75) is 20.5 Å². The van der Waals surface area contributed by atoms with E-state index in [2.05, 4.69) is 10.1 Å². The minimum absolute atomic E-state index is 0.185. The van der Waals surface area contributed by atoms with Gasteiger partial charge in [0.15, 0.2) is 5.76 Å². The van der Waals surface area contributed by atoms with Crippen LogP contribution in [0, 0.1) is 13.8 Å². The van der Waals surface area contributed by atoms with Gasteiger partial charge < -0.3 is 13.7 Å². The maximum absolute atomic E-state index is 12.7. The topological polar surface area (TPSA) is 78.4 Å². The molecular formula is C20H16N2O4. The van der Waals surface area contributed by atoms with Crippen LogP contribution in [0.1, 0.15) is 27.2 Å². The molecule has 4 rings (SSSR count). The number of hydrogen-bond donors (Lipinski definition) is 0. The number of carbonyl (C=O) groups excluding carboxylic acids is 1. The number of esters is 1. The molecule has 0 unspecified atom stereocenters. The normalized spacial score (nSPS) is 11.0. The first kappa shape index (κ1) is 16.1. The van der Waals surface area contributed by atoms with Crippen molar-refractivity contribution < 1.29 is 18.5 Å². The number of benzene rings is 1. The molecule has 6 nitrogen and oxygen atoms in total.